The summed E-state index contributed by atoms with van der Waals surface area (Å²) in [6.45, 7) is 0.461. The molecule has 1 N–H and O–H groups in total. The summed E-state index contributed by atoms with van der Waals surface area (Å²) in [6, 6.07) is 12.9. The van der Waals surface area contributed by atoms with Gasteiger partial charge in [0.2, 0.25) is 5.91 Å². The fraction of sp³-hybridized carbons (Fsp3) is 0.200. The van der Waals surface area contributed by atoms with Crippen molar-refractivity contribution in [1.29, 1.82) is 0 Å². The van der Waals surface area contributed by atoms with Crippen LogP contribution < -0.4 is 14.8 Å². The Hall–Kier alpha value is -2.51. The average Bonchev–Trinajstić information content (AvgIpc) is 3.11. The van der Waals surface area contributed by atoms with E-state index in [1.54, 1.807) is 43.3 Å². The molecule has 0 aliphatic rings. The Kier molecular flexibility index (Phi) is 6.59. The summed E-state index contributed by atoms with van der Waals surface area (Å²) in [4.78, 5) is 12.6. The number of methoxy groups -OCH3 is 2. The van der Waals surface area contributed by atoms with Gasteiger partial charge in [0.15, 0.2) is 11.5 Å². The molecule has 28 heavy (non-hydrogen) atoms. The molecule has 0 saturated heterocycles. The van der Waals surface area contributed by atoms with Crippen molar-refractivity contribution < 1.29 is 14.3 Å². The van der Waals surface area contributed by atoms with Gasteiger partial charge in [0.1, 0.15) is 5.82 Å². The number of amides is 1. The minimum atomic E-state index is -0.172. The van der Waals surface area contributed by atoms with Gasteiger partial charge in [0.05, 0.1) is 33.4 Å². The molecule has 8 heteroatoms. The van der Waals surface area contributed by atoms with Crippen LogP contribution in [0.3, 0.4) is 0 Å². The fourth-order valence-electron chi connectivity index (χ4n) is 2.74. The lowest BCUT2D eigenvalue weighted by Gasteiger charge is -2.13. The largest absolute Gasteiger partial charge is 0.493 e. The van der Waals surface area contributed by atoms with Crippen LogP contribution in [0.2, 0.25) is 5.02 Å². The van der Waals surface area contributed by atoms with Crippen molar-refractivity contribution in [2.45, 2.75) is 13.0 Å². The van der Waals surface area contributed by atoms with Crippen molar-refractivity contribution in [1.82, 2.24) is 9.78 Å². The number of benzene rings is 2. The standard InChI is InChI=1S/C20H19BrClN3O3/c1-27-17-9-14(15(21)11-18(17)28-2)10-20(26)24-19-7-8-23-25(19)12-13-5-3-4-6-16(13)22/h3-9,11H,10,12H2,1-2H3,(H,24,26). The lowest BCUT2D eigenvalue weighted by atomic mass is 10.1. The lowest BCUT2D eigenvalue weighted by molar-refractivity contribution is -0.115. The number of aromatic nitrogens is 2. The first kappa shape index (κ1) is 20.2. The van der Waals surface area contributed by atoms with E-state index >= 15 is 0 Å². The highest BCUT2D eigenvalue weighted by Gasteiger charge is 2.14. The number of nitrogens with one attached hydrogen (secondary N) is 1. The maximum atomic E-state index is 12.6. The molecule has 0 fully saturated rings. The molecule has 3 aromatic rings. The Bertz CT molecular complexity index is 991. The quantitative estimate of drug-likeness (QED) is 0.557. The van der Waals surface area contributed by atoms with E-state index in [1.807, 2.05) is 24.3 Å². The number of carbonyl (C=O) groups excluding carboxylic acids is 1. The van der Waals surface area contributed by atoms with E-state index in [4.69, 9.17) is 21.1 Å². The summed E-state index contributed by atoms with van der Waals surface area (Å²) >= 11 is 9.70. The van der Waals surface area contributed by atoms with E-state index < -0.39 is 0 Å². The van der Waals surface area contributed by atoms with Crippen molar-refractivity contribution in [2.75, 3.05) is 19.5 Å². The van der Waals surface area contributed by atoms with Gasteiger partial charge in [-0.25, -0.2) is 4.68 Å². The first-order chi connectivity index (χ1) is 13.5. The minimum absolute atomic E-state index is 0.165. The van der Waals surface area contributed by atoms with Gasteiger partial charge in [-0.05, 0) is 29.3 Å². The van der Waals surface area contributed by atoms with Crippen LogP contribution in [-0.4, -0.2) is 29.9 Å². The molecule has 1 amide bonds. The van der Waals surface area contributed by atoms with E-state index in [2.05, 4.69) is 26.3 Å². The van der Waals surface area contributed by atoms with Crippen molar-refractivity contribution in [3.8, 4) is 11.5 Å². The van der Waals surface area contributed by atoms with Gasteiger partial charge >= 0.3 is 0 Å². The number of anilines is 1. The van der Waals surface area contributed by atoms with Crippen LogP contribution in [0, 0.1) is 0 Å². The van der Waals surface area contributed by atoms with E-state index in [-0.39, 0.29) is 12.3 Å². The lowest BCUT2D eigenvalue weighted by Crippen LogP contribution is -2.18. The van der Waals surface area contributed by atoms with Gasteiger partial charge in [-0.2, -0.15) is 5.10 Å². The number of nitrogens with zero attached hydrogens (tertiary/aromatic N) is 2. The summed E-state index contributed by atoms with van der Waals surface area (Å²) in [5.74, 6) is 1.59. The molecular weight excluding hydrogens is 446 g/mol. The second-order valence-electron chi connectivity index (χ2n) is 5.99. The molecule has 0 aliphatic heterocycles. The zero-order valence-corrected chi connectivity index (χ0v) is 17.8. The molecule has 146 valence electrons. The summed E-state index contributed by atoms with van der Waals surface area (Å²) in [5, 5.41) is 7.83. The maximum Gasteiger partial charge on any atom is 0.229 e. The zero-order valence-electron chi connectivity index (χ0n) is 15.4. The first-order valence-electron chi connectivity index (χ1n) is 8.47. The van der Waals surface area contributed by atoms with Crippen molar-refractivity contribution >= 4 is 39.3 Å². The Morgan fingerprint density at radius 2 is 1.86 bits per heavy atom. The number of rotatable bonds is 7. The summed E-state index contributed by atoms with van der Waals surface area (Å²) < 4.78 is 13.0. The molecule has 6 nitrogen and oxygen atoms in total. The van der Waals surface area contributed by atoms with E-state index in [1.165, 1.54) is 0 Å². The van der Waals surface area contributed by atoms with Gasteiger partial charge < -0.3 is 14.8 Å². The van der Waals surface area contributed by atoms with Gasteiger partial charge in [0, 0.05) is 15.6 Å². The number of hydrogen-bond donors (Lipinski definition) is 1. The molecular formula is C20H19BrClN3O3. The number of carbonyl (C=O) groups is 1. The summed E-state index contributed by atoms with van der Waals surface area (Å²) in [6.07, 6.45) is 1.80. The number of ether oxygens (including phenoxy) is 2. The van der Waals surface area contributed by atoms with E-state index in [0.29, 0.717) is 28.9 Å². The molecule has 1 heterocycles. The SMILES string of the molecule is COc1cc(Br)c(CC(=O)Nc2ccnn2Cc2ccccc2Cl)cc1OC. The highest BCUT2D eigenvalue weighted by Crippen LogP contribution is 2.33. The molecule has 0 atom stereocenters. The molecule has 3 rings (SSSR count). The van der Waals surface area contributed by atoms with Gasteiger partial charge in [-0.3, -0.25) is 4.79 Å². The molecule has 0 saturated carbocycles. The second-order valence-corrected chi connectivity index (χ2v) is 7.25. The third kappa shape index (κ3) is 4.66. The molecule has 2 aromatic carbocycles. The summed E-state index contributed by atoms with van der Waals surface area (Å²) in [5.41, 5.74) is 1.71. The van der Waals surface area contributed by atoms with Crippen LogP contribution in [0.4, 0.5) is 5.82 Å². The topological polar surface area (TPSA) is 65.4 Å². The Morgan fingerprint density at radius 3 is 2.57 bits per heavy atom. The van der Waals surface area contributed by atoms with E-state index in [9.17, 15) is 4.79 Å². The molecule has 0 aliphatic carbocycles. The smallest absolute Gasteiger partial charge is 0.229 e. The Morgan fingerprint density at radius 1 is 1.14 bits per heavy atom. The minimum Gasteiger partial charge on any atom is -0.493 e. The predicted molar refractivity (Wildman–Crippen MR) is 112 cm³/mol. The van der Waals surface area contributed by atoms with Crippen LogP contribution in [0.15, 0.2) is 53.1 Å². The third-order valence-corrected chi connectivity index (χ3v) is 5.27. The molecule has 1 aromatic heterocycles. The van der Waals surface area contributed by atoms with Gasteiger partial charge in [-0.15, -0.1) is 0 Å². The first-order valence-corrected chi connectivity index (χ1v) is 9.64. The van der Waals surface area contributed by atoms with Crippen molar-refractivity contribution in [3.05, 3.63) is 69.3 Å². The van der Waals surface area contributed by atoms with Crippen LogP contribution in [0.25, 0.3) is 0 Å². The van der Waals surface area contributed by atoms with Gasteiger partial charge in [-0.1, -0.05) is 45.7 Å². The molecule has 0 radical (unpaired) electrons. The van der Waals surface area contributed by atoms with Gasteiger partial charge in [0.25, 0.3) is 0 Å². The fourth-order valence-corrected chi connectivity index (χ4v) is 3.40. The highest BCUT2D eigenvalue weighted by atomic mass is 79.9. The third-order valence-electron chi connectivity index (χ3n) is 4.17. The number of halogens is 2. The van der Waals surface area contributed by atoms with Crippen LogP contribution in [0.5, 0.6) is 11.5 Å². The second kappa shape index (κ2) is 9.12. The normalized spacial score (nSPS) is 10.6. The Balaban J connectivity index is 1.73. The van der Waals surface area contributed by atoms with Crippen molar-refractivity contribution in [3.63, 3.8) is 0 Å². The predicted octanol–water partition coefficient (Wildman–Crippen LogP) is 4.55. The molecule has 0 unspecified atom stereocenters. The monoisotopic (exact) mass is 463 g/mol. The summed E-state index contributed by atoms with van der Waals surface area (Å²) in [7, 11) is 3.12. The van der Waals surface area contributed by atoms with Crippen LogP contribution in [-0.2, 0) is 17.8 Å². The maximum absolute atomic E-state index is 12.6. The van der Waals surface area contributed by atoms with Crippen LogP contribution in [0.1, 0.15) is 11.1 Å². The van der Waals surface area contributed by atoms with E-state index in [0.717, 1.165) is 15.6 Å². The zero-order chi connectivity index (χ0) is 20.1. The van der Waals surface area contributed by atoms with Crippen molar-refractivity contribution in [2.24, 2.45) is 0 Å². The van der Waals surface area contributed by atoms with Crippen LogP contribution >= 0.6 is 27.5 Å². The number of hydrogen-bond acceptors (Lipinski definition) is 4. The molecule has 0 spiro atoms. The molecule has 0 bridgehead atoms. The highest BCUT2D eigenvalue weighted by molar-refractivity contribution is 9.10. The Labute approximate surface area is 176 Å². The average molecular weight is 465 g/mol.